The van der Waals surface area contributed by atoms with Gasteiger partial charge in [0.2, 0.25) is 0 Å². The molecule has 0 bridgehead atoms. The van der Waals surface area contributed by atoms with Crippen LogP contribution in [0.5, 0.6) is 0 Å². The van der Waals surface area contributed by atoms with Gasteiger partial charge < -0.3 is 0 Å². The molecular formula is C16H15NO. The lowest BCUT2D eigenvalue weighted by molar-refractivity contribution is 0.102. The van der Waals surface area contributed by atoms with E-state index in [1.165, 1.54) is 6.42 Å². The number of carbonyl (C=O) groups excluding carboxylic acids is 1. The highest BCUT2D eigenvalue weighted by Gasteiger charge is 2.14. The van der Waals surface area contributed by atoms with Crippen molar-refractivity contribution in [2.24, 2.45) is 0 Å². The van der Waals surface area contributed by atoms with E-state index in [9.17, 15) is 4.79 Å². The Hall–Kier alpha value is -1.96. The number of nitrogens with zero attached hydrogens (tertiary/aromatic N) is 1. The molecule has 0 atom stereocenters. The van der Waals surface area contributed by atoms with Crippen LogP contribution in [-0.2, 0) is 0 Å². The summed E-state index contributed by atoms with van der Waals surface area (Å²) in [6.07, 6.45) is 8.14. The molecule has 0 amide bonds. The lowest BCUT2D eigenvalue weighted by atomic mass is 9.93. The second-order valence-corrected chi connectivity index (χ2v) is 4.72. The van der Waals surface area contributed by atoms with E-state index in [1.807, 2.05) is 30.3 Å². The van der Waals surface area contributed by atoms with Gasteiger partial charge in [0.1, 0.15) is 0 Å². The molecule has 3 rings (SSSR count). The molecule has 0 saturated carbocycles. The van der Waals surface area contributed by atoms with Gasteiger partial charge in [0.05, 0.1) is 5.52 Å². The Morgan fingerprint density at radius 3 is 2.94 bits per heavy atom. The van der Waals surface area contributed by atoms with E-state index in [-0.39, 0.29) is 5.78 Å². The summed E-state index contributed by atoms with van der Waals surface area (Å²) >= 11 is 0. The van der Waals surface area contributed by atoms with Gasteiger partial charge in [-0.1, -0.05) is 24.3 Å². The van der Waals surface area contributed by atoms with Crippen molar-refractivity contribution in [3.05, 3.63) is 53.7 Å². The number of allylic oxidation sites excluding steroid dienone is 2. The predicted molar refractivity (Wildman–Crippen MR) is 72.6 cm³/mol. The van der Waals surface area contributed by atoms with E-state index >= 15 is 0 Å². The van der Waals surface area contributed by atoms with Crippen LogP contribution in [0, 0.1) is 0 Å². The summed E-state index contributed by atoms with van der Waals surface area (Å²) < 4.78 is 0. The van der Waals surface area contributed by atoms with E-state index in [0.29, 0.717) is 0 Å². The molecule has 0 aliphatic heterocycles. The number of aromatic nitrogens is 1. The molecule has 0 unspecified atom stereocenters. The van der Waals surface area contributed by atoms with Crippen LogP contribution in [0.1, 0.15) is 36.0 Å². The number of hydrogen-bond acceptors (Lipinski definition) is 2. The smallest absolute Gasteiger partial charge is 0.188 e. The Labute approximate surface area is 106 Å². The van der Waals surface area contributed by atoms with Crippen molar-refractivity contribution in [1.29, 1.82) is 0 Å². The quantitative estimate of drug-likeness (QED) is 0.741. The number of rotatable bonds is 2. The van der Waals surface area contributed by atoms with Gasteiger partial charge in [-0.25, -0.2) is 0 Å². The first-order chi connectivity index (χ1) is 8.84. The third kappa shape index (κ3) is 2.06. The van der Waals surface area contributed by atoms with Gasteiger partial charge in [-0.3, -0.25) is 9.78 Å². The molecule has 90 valence electrons. The van der Waals surface area contributed by atoms with Crippen molar-refractivity contribution in [3.63, 3.8) is 0 Å². The number of ketones is 1. The fourth-order valence-electron chi connectivity index (χ4n) is 2.44. The van der Waals surface area contributed by atoms with Crippen LogP contribution in [0.15, 0.2) is 48.2 Å². The normalized spacial score (nSPS) is 15.4. The Morgan fingerprint density at radius 2 is 2.11 bits per heavy atom. The second kappa shape index (κ2) is 4.73. The van der Waals surface area contributed by atoms with Crippen LogP contribution in [-0.4, -0.2) is 10.8 Å². The first-order valence-electron chi connectivity index (χ1n) is 6.43. The number of fused-ring (bicyclic) bond motifs is 1. The zero-order chi connectivity index (χ0) is 12.4. The van der Waals surface area contributed by atoms with Crippen LogP contribution in [0.25, 0.3) is 10.9 Å². The molecular weight excluding hydrogens is 222 g/mol. The number of benzene rings is 1. The summed E-state index contributed by atoms with van der Waals surface area (Å²) in [5.74, 6) is 0.169. The van der Waals surface area contributed by atoms with Crippen molar-refractivity contribution in [2.45, 2.75) is 25.7 Å². The third-order valence-corrected chi connectivity index (χ3v) is 3.45. The molecule has 2 heteroatoms. The second-order valence-electron chi connectivity index (χ2n) is 4.72. The van der Waals surface area contributed by atoms with Gasteiger partial charge in [0.25, 0.3) is 0 Å². The SMILES string of the molecule is O=C(C1=CCCCC1)c1ccc2cccnc2c1. The minimum atomic E-state index is 0.169. The van der Waals surface area contributed by atoms with E-state index in [1.54, 1.807) is 6.20 Å². The Kier molecular flexibility index (Phi) is 2.93. The molecule has 1 heterocycles. The fourth-order valence-corrected chi connectivity index (χ4v) is 2.44. The van der Waals surface area contributed by atoms with Crippen molar-refractivity contribution in [2.75, 3.05) is 0 Å². The zero-order valence-electron chi connectivity index (χ0n) is 10.2. The molecule has 2 aromatic rings. The molecule has 0 spiro atoms. The van der Waals surface area contributed by atoms with Crippen LogP contribution in [0.2, 0.25) is 0 Å². The average Bonchev–Trinajstić information content (AvgIpc) is 2.47. The highest BCUT2D eigenvalue weighted by Crippen LogP contribution is 2.22. The first kappa shape index (κ1) is 11.1. The molecule has 1 aliphatic carbocycles. The van der Waals surface area contributed by atoms with E-state index in [4.69, 9.17) is 0 Å². The van der Waals surface area contributed by atoms with Crippen LogP contribution in [0.3, 0.4) is 0 Å². The third-order valence-electron chi connectivity index (χ3n) is 3.45. The van der Waals surface area contributed by atoms with E-state index < -0.39 is 0 Å². The summed E-state index contributed by atoms with van der Waals surface area (Å²) in [4.78, 5) is 16.6. The predicted octanol–water partition coefficient (Wildman–Crippen LogP) is 3.92. The lowest BCUT2D eigenvalue weighted by Gasteiger charge is -2.11. The van der Waals surface area contributed by atoms with Gasteiger partial charge in [-0.2, -0.15) is 0 Å². The zero-order valence-corrected chi connectivity index (χ0v) is 10.2. The molecule has 2 nitrogen and oxygen atoms in total. The molecule has 18 heavy (non-hydrogen) atoms. The van der Waals surface area contributed by atoms with Crippen LogP contribution in [0.4, 0.5) is 0 Å². The summed E-state index contributed by atoms with van der Waals surface area (Å²) in [7, 11) is 0. The van der Waals surface area contributed by atoms with Crippen molar-refractivity contribution < 1.29 is 4.79 Å². The van der Waals surface area contributed by atoms with E-state index in [2.05, 4.69) is 11.1 Å². The first-order valence-corrected chi connectivity index (χ1v) is 6.43. The average molecular weight is 237 g/mol. The highest BCUT2D eigenvalue weighted by molar-refractivity contribution is 6.10. The fraction of sp³-hybridized carbons (Fsp3) is 0.250. The minimum Gasteiger partial charge on any atom is -0.289 e. The van der Waals surface area contributed by atoms with E-state index in [0.717, 1.165) is 41.3 Å². The Morgan fingerprint density at radius 1 is 1.17 bits per heavy atom. The van der Waals surface area contributed by atoms with Gasteiger partial charge in [-0.15, -0.1) is 0 Å². The summed E-state index contributed by atoms with van der Waals surface area (Å²) in [6, 6.07) is 9.69. The molecule has 0 radical (unpaired) electrons. The van der Waals surface area contributed by atoms with Crippen molar-refractivity contribution in [1.82, 2.24) is 4.98 Å². The standard InChI is InChI=1S/C16H15NO/c18-16(13-5-2-1-3-6-13)14-9-8-12-7-4-10-17-15(12)11-14/h4-5,7-11H,1-3,6H2. The maximum atomic E-state index is 12.3. The monoisotopic (exact) mass is 237 g/mol. The molecule has 1 aliphatic rings. The largest absolute Gasteiger partial charge is 0.289 e. The molecule has 0 fully saturated rings. The molecule has 1 aromatic heterocycles. The van der Waals surface area contributed by atoms with Crippen molar-refractivity contribution >= 4 is 16.7 Å². The number of hydrogen-bond donors (Lipinski definition) is 0. The summed E-state index contributed by atoms with van der Waals surface area (Å²) in [5.41, 5.74) is 2.62. The van der Waals surface area contributed by atoms with Crippen LogP contribution >= 0.6 is 0 Å². The number of pyridine rings is 1. The summed E-state index contributed by atoms with van der Waals surface area (Å²) in [6.45, 7) is 0. The summed E-state index contributed by atoms with van der Waals surface area (Å²) in [5, 5.41) is 1.08. The maximum Gasteiger partial charge on any atom is 0.188 e. The number of carbonyl (C=O) groups is 1. The van der Waals surface area contributed by atoms with Gasteiger partial charge >= 0.3 is 0 Å². The Balaban J connectivity index is 1.98. The van der Waals surface area contributed by atoms with Gasteiger partial charge in [0.15, 0.2) is 5.78 Å². The molecule has 0 saturated heterocycles. The topological polar surface area (TPSA) is 30.0 Å². The van der Waals surface area contributed by atoms with Crippen LogP contribution < -0.4 is 0 Å². The van der Waals surface area contributed by atoms with Crippen molar-refractivity contribution in [3.8, 4) is 0 Å². The maximum absolute atomic E-state index is 12.3. The Bertz CT molecular complexity index is 628. The number of Topliss-reactive ketones (excluding diaryl/α,β-unsaturated/α-hetero) is 1. The minimum absolute atomic E-state index is 0.169. The lowest BCUT2D eigenvalue weighted by Crippen LogP contribution is -2.06. The molecule has 0 N–H and O–H groups in total. The van der Waals surface area contributed by atoms with Gasteiger partial charge in [-0.05, 0) is 43.4 Å². The highest BCUT2D eigenvalue weighted by atomic mass is 16.1. The van der Waals surface area contributed by atoms with Gasteiger partial charge in [0, 0.05) is 17.1 Å². The molecule has 1 aromatic carbocycles.